The van der Waals surface area contributed by atoms with Crippen LogP contribution in [-0.2, 0) is 13.0 Å². The minimum Gasteiger partial charge on any atom is -0.507 e. The number of ether oxygens (including phenoxy) is 1. The van der Waals surface area contributed by atoms with Crippen LogP contribution in [0.15, 0.2) is 18.5 Å². The molecule has 0 spiro atoms. The summed E-state index contributed by atoms with van der Waals surface area (Å²) in [6, 6.07) is 1.57. The van der Waals surface area contributed by atoms with E-state index < -0.39 is 0 Å². The van der Waals surface area contributed by atoms with Crippen LogP contribution in [0.3, 0.4) is 0 Å². The smallest absolute Gasteiger partial charge is 0.167 e. The topological polar surface area (TPSA) is 67.5 Å². The number of hydrogen-bond donors (Lipinski definition) is 2. The maximum atomic E-state index is 10.2. The summed E-state index contributed by atoms with van der Waals surface area (Å²) in [5.41, 5.74) is 1.28. The fourth-order valence-electron chi connectivity index (χ4n) is 2.24. The van der Waals surface area contributed by atoms with Gasteiger partial charge in [-0.2, -0.15) is 0 Å². The van der Waals surface area contributed by atoms with Gasteiger partial charge in [-0.1, -0.05) is 0 Å². The molecule has 1 aromatic heterocycles. The van der Waals surface area contributed by atoms with Crippen molar-refractivity contribution in [1.29, 1.82) is 0 Å². The molecule has 5 nitrogen and oxygen atoms in total. The molecule has 0 radical (unpaired) electrons. The Hall–Kier alpha value is -2.17. The summed E-state index contributed by atoms with van der Waals surface area (Å²) in [5, 5.41) is 20.2. The molecule has 0 aliphatic heterocycles. The SMILES string of the molecule is CCOc1c(O)cc(CCn2ccnc2C)c(O)c1C. The summed E-state index contributed by atoms with van der Waals surface area (Å²) >= 11 is 0. The number of hydrogen-bond acceptors (Lipinski definition) is 4. The lowest BCUT2D eigenvalue weighted by atomic mass is 10.0. The number of phenolic OH excluding ortho intramolecular Hbond substituents is 2. The summed E-state index contributed by atoms with van der Waals surface area (Å²) in [4.78, 5) is 4.16. The van der Waals surface area contributed by atoms with Crippen molar-refractivity contribution >= 4 is 0 Å². The number of aromatic nitrogens is 2. The molecule has 5 heteroatoms. The maximum absolute atomic E-state index is 10.2. The second kappa shape index (κ2) is 5.86. The van der Waals surface area contributed by atoms with Gasteiger partial charge >= 0.3 is 0 Å². The zero-order valence-corrected chi connectivity index (χ0v) is 12.1. The van der Waals surface area contributed by atoms with Crippen LogP contribution in [0.2, 0.25) is 0 Å². The highest BCUT2D eigenvalue weighted by Crippen LogP contribution is 2.38. The van der Waals surface area contributed by atoms with Crippen molar-refractivity contribution in [3.63, 3.8) is 0 Å². The fourth-order valence-corrected chi connectivity index (χ4v) is 2.24. The number of aryl methyl sites for hydroxylation is 3. The van der Waals surface area contributed by atoms with Crippen LogP contribution in [0.5, 0.6) is 17.2 Å². The highest BCUT2D eigenvalue weighted by Gasteiger charge is 2.15. The normalized spacial score (nSPS) is 10.8. The van der Waals surface area contributed by atoms with Gasteiger partial charge in [0.1, 0.15) is 11.6 Å². The molecule has 0 unspecified atom stereocenters. The summed E-state index contributed by atoms with van der Waals surface area (Å²) < 4.78 is 7.35. The van der Waals surface area contributed by atoms with Gasteiger partial charge in [0.2, 0.25) is 0 Å². The second-order valence-electron chi connectivity index (χ2n) is 4.71. The van der Waals surface area contributed by atoms with E-state index in [0.717, 1.165) is 5.82 Å². The van der Waals surface area contributed by atoms with E-state index in [1.807, 2.05) is 24.6 Å². The number of imidazole rings is 1. The molecule has 0 fully saturated rings. The first-order chi connectivity index (χ1) is 9.54. The van der Waals surface area contributed by atoms with E-state index in [0.29, 0.717) is 36.4 Å². The third-order valence-corrected chi connectivity index (χ3v) is 3.38. The van der Waals surface area contributed by atoms with Crippen molar-refractivity contribution in [2.45, 2.75) is 33.7 Å². The standard InChI is InChI=1S/C15H20N2O3/c1-4-20-15-10(2)14(19)12(9-13(15)18)5-7-17-8-6-16-11(17)3/h6,8-9,18-19H,4-5,7H2,1-3H3. The molecule has 1 heterocycles. The number of benzene rings is 1. The zero-order valence-electron chi connectivity index (χ0n) is 12.1. The molecule has 1 aromatic carbocycles. The predicted octanol–water partition coefficient (Wildman–Crippen LogP) is 2.55. The Kier molecular flexibility index (Phi) is 4.17. The van der Waals surface area contributed by atoms with Gasteiger partial charge < -0.3 is 19.5 Å². The summed E-state index contributed by atoms with van der Waals surface area (Å²) in [6.07, 6.45) is 4.26. The first kappa shape index (κ1) is 14.2. The van der Waals surface area contributed by atoms with Gasteiger partial charge in [-0.15, -0.1) is 0 Å². The van der Waals surface area contributed by atoms with E-state index in [9.17, 15) is 10.2 Å². The lowest BCUT2D eigenvalue weighted by Gasteiger charge is -2.14. The number of phenols is 2. The van der Waals surface area contributed by atoms with Crippen molar-refractivity contribution in [3.8, 4) is 17.2 Å². The third-order valence-electron chi connectivity index (χ3n) is 3.38. The van der Waals surface area contributed by atoms with Crippen molar-refractivity contribution in [1.82, 2.24) is 9.55 Å². The quantitative estimate of drug-likeness (QED) is 0.824. The first-order valence-corrected chi connectivity index (χ1v) is 6.69. The Bertz CT molecular complexity index is 605. The molecule has 108 valence electrons. The van der Waals surface area contributed by atoms with Crippen LogP contribution in [0.25, 0.3) is 0 Å². The largest absolute Gasteiger partial charge is 0.507 e. The Morgan fingerprint density at radius 1 is 1.30 bits per heavy atom. The van der Waals surface area contributed by atoms with Crippen LogP contribution in [-0.4, -0.2) is 26.4 Å². The number of nitrogens with zero attached hydrogens (tertiary/aromatic N) is 2. The van der Waals surface area contributed by atoms with Gasteiger partial charge in [0, 0.05) is 24.5 Å². The molecule has 0 saturated heterocycles. The van der Waals surface area contributed by atoms with Crippen molar-refractivity contribution < 1.29 is 14.9 Å². The molecule has 2 aromatic rings. The lowest BCUT2D eigenvalue weighted by molar-refractivity contribution is 0.312. The fraction of sp³-hybridized carbons (Fsp3) is 0.400. The van der Waals surface area contributed by atoms with Gasteiger partial charge in [0.05, 0.1) is 6.61 Å². The molecular weight excluding hydrogens is 256 g/mol. The Labute approximate surface area is 118 Å². The maximum Gasteiger partial charge on any atom is 0.167 e. The summed E-state index contributed by atoms with van der Waals surface area (Å²) in [6.45, 7) is 6.66. The molecule has 2 rings (SSSR count). The van der Waals surface area contributed by atoms with Crippen LogP contribution < -0.4 is 4.74 Å². The van der Waals surface area contributed by atoms with E-state index in [-0.39, 0.29) is 11.5 Å². The molecule has 20 heavy (non-hydrogen) atoms. The van der Waals surface area contributed by atoms with E-state index in [2.05, 4.69) is 4.98 Å². The van der Waals surface area contributed by atoms with Gasteiger partial charge in [0.25, 0.3) is 0 Å². The van der Waals surface area contributed by atoms with E-state index >= 15 is 0 Å². The molecule has 0 saturated carbocycles. The Morgan fingerprint density at radius 3 is 2.65 bits per heavy atom. The first-order valence-electron chi connectivity index (χ1n) is 6.69. The predicted molar refractivity (Wildman–Crippen MR) is 76.3 cm³/mol. The zero-order chi connectivity index (χ0) is 14.7. The van der Waals surface area contributed by atoms with Gasteiger partial charge in [-0.3, -0.25) is 0 Å². The van der Waals surface area contributed by atoms with Crippen LogP contribution in [0.4, 0.5) is 0 Å². The van der Waals surface area contributed by atoms with Gasteiger partial charge in [-0.05, 0) is 38.8 Å². The minimum absolute atomic E-state index is 0.0690. The van der Waals surface area contributed by atoms with E-state index in [4.69, 9.17) is 4.74 Å². The highest BCUT2D eigenvalue weighted by molar-refractivity contribution is 5.56. The van der Waals surface area contributed by atoms with Gasteiger partial charge in [0.15, 0.2) is 11.5 Å². The number of aromatic hydroxyl groups is 2. The molecule has 0 bridgehead atoms. The monoisotopic (exact) mass is 276 g/mol. The van der Waals surface area contributed by atoms with Crippen LogP contribution in [0.1, 0.15) is 23.9 Å². The van der Waals surface area contributed by atoms with Gasteiger partial charge in [-0.25, -0.2) is 4.98 Å². The van der Waals surface area contributed by atoms with Crippen LogP contribution >= 0.6 is 0 Å². The third kappa shape index (κ3) is 2.71. The average Bonchev–Trinajstić information content (AvgIpc) is 2.83. The van der Waals surface area contributed by atoms with E-state index in [1.165, 1.54) is 0 Å². The molecular formula is C15H20N2O3. The Balaban J connectivity index is 2.22. The Morgan fingerprint density at radius 2 is 2.05 bits per heavy atom. The molecule has 0 amide bonds. The average molecular weight is 276 g/mol. The number of rotatable bonds is 5. The summed E-state index contributed by atoms with van der Waals surface area (Å²) in [7, 11) is 0. The molecule has 0 atom stereocenters. The molecule has 0 aliphatic rings. The lowest BCUT2D eigenvalue weighted by Crippen LogP contribution is -2.04. The van der Waals surface area contributed by atoms with Crippen molar-refractivity contribution in [3.05, 3.63) is 35.4 Å². The minimum atomic E-state index is 0.0690. The van der Waals surface area contributed by atoms with E-state index in [1.54, 1.807) is 19.2 Å². The molecule has 2 N–H and O–H groups in total. The highest BCUT2D eigenvalue weighted by atomic mass is 16.5. The van der Waals surface area contributed by atoms with Crippen molar-refractivity contribution in [2.24, 2.45) is 0 Å². The van der Waals surface area contributed by atoms with Crippen LogP contribution in [0, 0.1) is 13.8 Å². The molecule has 0 aliphatic carbocycles. The second-order valence-corrected chi connectivity index (χ2v) is 4.71. The van der Waals surface area contributed by atoms with Crippen molar-refractivity contribution in [2.75, 3.05) is 6.61 Å². The summed E-state index contributed by atoms with van der Waals surface area (Å²) in [5.74, 6) is 1.53.